The first kappa shape index (κ1) is 20.8. The van der Waals surface area contributed by atoms with E-state index in [2.05, 4.69) is 26.3 Å². The van der Waals surface area contributed by atoms with Crippen LogP contribution in [0.25, 0.3) is 11.3 Å². The maximum Gasteiger partial charge on any atom is 0.266 e. The number of rotatable bonds is 8. The van der Waals surface area contributed by atoms with Gasteiger partial charge in [-0.05, 0) is 55.0 Å². The molecule has 6 nitrogen and oxygen atoms in total. The Labute approximate surface area is 177 Å². The van der Waals surface area contributed by atoms with E-state index in [4.69, 9.17) is 4.74 Å². The topological polar surface area (TPSA) is 73.2 Å². The summed E-state index contributed by atoms with van der Waals surface area (Å²) in [4.78, 5) is 24.3. The number of aryl methyl sites for hydroxylation is 1. The molecule has 7 heteroatoms. The van der Waals surface area contributed by atoms with Crippen molar-refractivity contribution < 1.29 is 9.53 Å². The molecule has 0 aliphatic carbocycles. The smallest absolute Gasteiger partial charge is 0.266 e. The van der Waals surface area contributed by atoms with Crippen molar-refractivity contribution >= 4 is 21.8 Å². The van der Waals surface area contributed by atoms with Crippen molar-refractivity contribution in [3.8, 4) is 17.0 Å². The fraction of sp³-hybridized carbons (Fsp3) is 0.227. The highest BCUT2D eigenvalue weighted by Gasteiger charge is 2.07. The minimum absolute atomic E-state index is 0.131. The van der Waals surface area contributed by atoms with Crippen LogP contribution in [0, 0.1) is 0 Å². The van der Waals surface area contributed by atoms with Crippen LogP contribution in [0.5, 0.6) is 5.75 Å². The lowest BCUT2D eigenvalue weighted by molar-refractivity contribution is -0.121. The van der Waals surface area contributed by atoms with E-state index in [0.717, 1.165) is 21.3 Å². The zero-order valence-electron chi connectivity index (χ0n) is 16.1. The molecule has 0 saturated carbocycles. The van der Waals surface area contributed by atoms with Gasteiger partial charge in [0.15, 0.2) is 0 Å². The first-order valence-electron chi connectivity index (χ1n) is 9.37. The van der Waals surface area contributed by atoms with E-state index in [0.29, 0.717) is 18.8 Å². The molecule has 150 valence electrons. The molecule has 0 radical (unpaired) electrons. The normalized spacial score (nSPS) is 10.6. The van der Waals surface area contributed by atoms with Crippen LogP contribution in [0.4, 0.5) is 0 Å². The Kier molecular flexibility index (Phi) is 7.19. The third-order valence-electron chi connectivity index (χ3n) is 4.28. The van der Waals surface area contributed by atoms with Crippen LogP contribution < -0.4 is 15.6 Å². The number of hydrogen-bond donors (Lipinski definition) is 1. The third-order valence-corrected chi connectivity index (χ3v) is 4.81. The summed E-state index contributed by atoms with van der Waals surface area (Å²) in [7, 11) is 0. The molecule has 0 atom stereocenters. The molecule has 3 rings (SSSR count). The number of aromatic nitrogens is 2. The van der Waals surface area contributed by atoms with Crippen molar-refractivity contribution in [3.63, 3.8) is 0 Å². The van der Waals surface area contributed by atoms with E-state index in [-0.39, 0.29) is 24.4 Å². The Morgan fingerprint density at radius 3 is 2.48 bits per heavy atom. The number of amides is 1. The van der Waals surface area contributed by atoms with Crippen molar-refractivity contribution in [2.24, 2.45) is 0 Å². The summed E-state index contributed by atoms with van der Waals surface area (Å²) in [5, 5.41) is 7.26. The van der Waals surface area contributed by atoms with Crippen LogP contribution in [0.2, 0.25) is 0 Å². The first-order valence-corrected chi connectivity index (χ1v) is 10.2. The molecule has 0 aliphatic heterocycles. The number of nitrogens with one attached hydrogen (secondary N) is 1. The highest BCUT2D eigenvalue weighted by atomic mass is 79.9. The minimum Gasteiger partial charge on any atom is -0.494 e. The summed E-state index contributed by atoms with van der Waals surface area (Å²) >= 11 is 3.38. The van der Waals surface area contributed by atoms with Gasteiger partial charge in [-0.25, -0.2) is 4.68 Å². The van der Waals surface area contributed by atoms with Gasteiger partial charge in [0, 0.05) is 29.1 Å². The zero-order chi connectivity index (χ0) is 20.6. The number of hydrogen-bond acceptors (Lipinski definition) is 4. The highest BCUT2D eigenvalue weighted by molar-refractivity contribution is 9.10. The second-order valence-electron chi connectivity index (χ2n) is 6.39. The van der Waals surface area contributed by atoms with E-state index >= 15 is 0 Å². The largest absolute Gasteiger partial charge is 0.494 e. The summed E-state index contributed by atoms with van der Waals surface area (Å²) in [6.07, 6.45) is 0.177. The van der Waals surface area contributed by atoms with Gasteiger partial charge < -0.3 is 10.1 Å². The van der Waals surface area contributed by atoms with E-state index in [1.807, 2.05) is 55.5 Å². The Morgan fingerprint density at radius 2 is 1.79 bits per heavy atom. The fourth-order valence-electron chi connectivity index (χ4n) is 2.75. The predicted octanol–water partition coefficient (Wildman–Crippen LogP) is 3.78. The predicted molar refractivity (Wildman–Crippen MR) is 116 cm³/mol. The summed E-state index contributed by atoms with van der Waals surface area (Å²) in [6, 6.07) is 18.4. The monoisotopic (exact) mass is 455 g/mol. The van der Waals surface area contributed by atoms with E-state index in [9.17, 15) is 9.59 Å². The van der Waals surface area contributed by atoms with Gasteiger partial charge in [-0.2, -0.15) is 5.10 Å². The van der Waals surface area contributed by atoms with Crippen LogP contribution in [0.3, 0.4) is 0 Å². The zero-order valence-corrected chi connectivity index (χ0v) is 17.7. The number of benzene rings is 2. The molecule has 2 aromatic carbocycles. The molecular formula is C22H22BrN3O3. The van der Waals surface area contributed by atoms with Crippen LogP contribution >= 0.6 is 15.9 Å². The number of ether oxygens (including phenoxy) is 1. The standard InChI is InChI=1S/C22H22BrN3O3/c1-2-29-19-9-5-17(6-10-19)20-11-12-22(28)26(25-20)14-13-21(27)24-15-16-3-7-18(23)8-4-16/h3-12H,2,13-15H2,1H3,(H,24,27). The van der Waals surface area contributed by atoms with Gasteiger partial charge in [0.2, 0.25) is 5.91 Å². The van der Waals surface area contributed by atoms with Crippen LogP contribution in [0.1, 0.15) is 18.9 Å². The molecule has 29 heavy (non-hydrogen) atoms. The maximum atomic E-state index is 12.1. The van der Waals surface area contributed by atoms with Gasteiger partial charge in [-0.3, -0.25) is 9.59 Å². The van der Waals surface area contributed by atoms with Gasteiger partial charge in [-0.15, -0.1) is 0 Å². The summed E-state index contributed by atoms with van der Waals surface area (Å²) < 4.78 is 7.76. The summed E-state index contributed by atoms with van der Waals surface area (Å²) in [5.41, 5.74) is 2.32. The summed E-state index contributed by atoms with van der Waals surface area (Å²) in [6.45, 7) is 3.20. The lowest BCUT2D eigenvalue weighted by atomic mass is 10.1. The molecule has 0 fully saturated rings. The average Bonchev–Trinajstić information content (AvgIpc) is 2.73. The molecule has 0 saturated heterocycles. The quantitative estimate of drug-likeness (QED) is 0.560. The second-order valence-corrected chi connectivity index (χ2v) is 7.31. The van der Waals surface area contributed by atoms with E-state index in [1.165, 1.54) is 10.7 Å². The van der Waals surface area contributed by atoms with Crippen LogP contribution in [0.15, 0.2) is 69.9 Å². The number of nitrogens with zero attached hydrogens (tertiary/aromatic N) is 2. The molecule has 0 aliphatic rings. The van der Waals surface area contributed by atoms with Gasteiger partial charge in [0.1, 0.15) is 5.75 Å². The lowest BCUT2D eigenvalue weighted by Gasteiger charge is -2.09. The molecule has 1 amide bonds. The number of carbonyl (C=O) groups is 1. The molecule has 0 spiro atoms. The van der Waals surface area contributed by atoms with Gasteiger partial charge >= 0.3 is 0 Å². The second kappa shape index (κ2) is 10.0. The SMILES string of the molecule is CCOc1ccc(-c2ccc(=O)n(CCC(=O)NCc3ccc(Br)cc3)n2)cc1. The van der Waals surface area contributed by atoms with Crippen molar-refractivity contribution in [2.45, 2.75) is 26.4 Å². The van der Waals surface area contributed by atoms with Crippen molar-refractivity contribution in [3.05, 3.63) is 81.1 Å². The molecule has 3 aromatic rings. The van der Waals surface area contributed by atoms with Crippen molar-refractivity contribution in [1.29, 1.82) is 0 Å². The van der Waals surface area contributed by atoms with Crippen molar-refractivity contribution in [2.75, 3.05) is 6.61 Å². The van der Waals surface area contributed by atoms with Gasteiger partial charge in [0.05, 0.1) is 18.8 Å². The molecule has 1 aromatic heterocycles. The number of halogens is 1. The molecule has 0 unspecified atom stereocenters. The van der Waals surface area contributed by atoms with Gasteiger partial charge in [-0.1, -0.05) is 28.1 Å². The molecule has 1 N–H and O–H groups in total. The summed E-state index contributed by atoms with van der Waals surface area (Å²) in [5.74, 6) is 0.653. The Hall–Kier alpha value is -2.93. The highest BCUT2D eigenvalue weighted by Crippen LogP contribution is 2.19. The molecule has 0 bridgehead atoms. The van der Waals surface area contributed by atoms with Crippen LogP contribution in [-0.2, 0) is 17.9 Å². The third kappa shape index (κ3) is 6.02. The van der Waals surface area contributed by atoms with E-state index < -0.39 is 0 Å². The van der Waals surface area contributed by atoms with Crippen LogP contribution in [-0.4, -0.2) is 22.3 Å². The molecular weight excluding hydrogens is 434 g/mol. The Balaban J connectivity index is 1.60. The Bertz CT molecular complexity index is 1010. The fourth-order valence-corrected chi connectivity index (χ4v) is 3.01. The minimum atomic E-state index is -0.236. The average molecular weight is 456 g/mol. The van der Waals surface area contributed by atoms with Crippen molar-refractivity contribution in [1.82, 2.24) is 15.1 Å². The maximum absolute atomic E-state index is 12.1. The van der Waals surface area contributed by atoms with E-state index in [1.54, 1.807) is 6.07 Å². The molecule has 1 heterocycles. The Morgan fingerprint density at radius 1 is 1.07 bits per heavy atom. The lowest BCUT2D eigenvalue weighted by Crippen LogP contribution is -2.28. The van der Waals surface area contributed by atoms with Gasteiger partial charge in [0.25, 0.3) is 5.56 Å². The number of carbonyl (C=O) groups excluding carboxylic acids is 1. The first-order chi connectivity index (χ1) is 14.0.